The summed E-state index contributed by atoms with van der Waals surface area (Å²) in [7, 11) is 1.71. The quantitative estimate of drug-likeness (QED) is 0.239. The Hall–Kier alpha value is -4.51. The van der Waals surface area contributed by atoms with Crippen LogP contribution < -0.4 is 16.0 Å². The Morgan fingerprint density at radius 3 is 2.12 bits per heavy atom. The van der Waals surface area contributed by atoms with Crippen molar-refractivity contribution in [2.45, 2.75) is 83.5 Å². The summed E-state index contributed by atoms with van der Waals surface area (Å²) >= 11 is 0. The van der Waals surface area contributed by atoms with E-state index in [1.807, 2.05) is 47.4 Å². The number of carbonyl (C=O) groups excluding carboxylic acids is 4. The van der Waals surface area contributed by atoms with Gasteiger partial charge in [-0.2, -0.15) is 5.10 Å². The van der Waals surface area contributed by atoms with Gasteiger partial charge in [-0.15, -0.1) is 0 Å². The molecule has 1 aliphatic heterocycles. The molecule has 5 rings (SSSR count). The van der Waals surface area contributed by atoms with E-state index in [4.69, 9.17) is 0 Å². The summed E-state index contributed by atoms with van der Waals surface area (Å²) in [5, 5.41) is 13.1. The van der Waals surface area contributed by atoms with Crippen molar-refractivity contribution in [1.29, 1.82) is 0 Å². The van der Waals surface area contributed by atoms with Gasteiger partial charge in [-0.05, 0) is 41.5 Å². The molecule has 11 heteroatoms. The highest BCUT2D eigenvalue weighted by atomic mass is 16.2. The molecule has 1 aromatic heterocycles. The average molecular weight is 670 g/mol. The lowest BCUT2D eigenvalue weighted by molar-refractivity contribution is -0.138. The molecule has 2 atom stereocenters. The minimum Gasteiger partial charge on any atom is -0.350 e. The third-order valence-electron chi connectivity index (χ3n) is 9.81. The Labute approximate surface area is 289 Å². The number of carbonyl (C=O) groups is 4. The number of benzene rings is 2. The second-order valence-electron chi connectivity index (χ2n) is 13.3. The van der Waals surface area contributed by atoms with Gasteiger partial charge in [-0.1, -0.05) is 87.2 Å². The van der Waals surface area contributed by atoms with Crippen LogP contribution in [-0.4, -0.2) is 81.5 Å². The first kappa shape index (κ1) is 35.8. The van der Waals surface area contributed by atoms with Gasteiger partial charge in [0.15, 0.2) is 0 Å². The standard InChI is InChI=1S/C38H51N7O4/c1-3-34(46)41-32(38(49)45-23-21-44(22-24-45)27-30-11-7-6-8-12-30)25-28-15-17-29(18-16-28)26-39-37(48)35(31-13-9-4-5-10-14-31)42-36(47)33-19-20-40-43(33)2/h6-8,11-12,15-20,31-32,35H,3-5,9-10,13-14,21-27H2,1-2H3,(H,39,48)(H,41,46)(H,42,47). The summed E-state index contributed by atoms with van der Waals surface area (Å²) in [6, 6.07) is 18.5. The van der Waals surface area contributed by atoms with Gasteiger partial charge in [0.05, 0.1) is 0 Å². The molecule has 0 spiro atoms. The molecule has 0 radical (unpaired) electrons. The topological polar surface area (TPSA) is 129 Å². The molecule has 1 aliphatic carbocycles. The largest absolute Gasteiger partial charge is 0.350 e. The van der Waals surface area contributed by atoms with Crippen LogP contribution in [0.4, 0.5) is 0 Å². The molecule has 1 saturated heterocycles. The molecule has 2 fully saturated rings. The van der Waals surface area contributed by atoms with Gasteiger partial charge >= 0.3 is 0 Å². The highest BCUT2D eigenvalue weighted by Gasteiger charge is 2.32. The van der Waals surface area contributed by atoms with E-state index < -0.39 is 12.1 Å². The van der Waals surface area contributed by atoms with E-state index in [0.29, 0.717) is 38.2 Å². The van der Waals surface area contributed by atoms with Gasteiger partial charge in [0.1, 0.15) is 17.8 Å². The van der Waals surface area contributed by atoms with Crippen LogP contribution in [0.3, 0.4) is 0 Å². The fourth-order valence-corrected chi connectivity index (χ4v) is 6.87. The number of hydrogen-bond acceptors (Lipinski definition) is 6. The molecule has 262 valence electrons. The molecule has 11 nitrogen and oxygen atoms in total. The van der Waals surface area contributed by atoms with Gasteiger partial charge in [0.25, 0.3) is 5.91 Å². The molecule has 4 amide bonds. The van der Waals surface area contributed by atoms with Crippen molar-refractivity contribution in [2.24, 2.45) is 13.0 Å². The lowest BCUT2D eigenvalue weighted by Crippen LogP contribution is -2.55. The third-order valence-corrected chi connectivity index (χ3v) is 9.81. The van der Waals surface area contributed by atoms with E-state index in [-0.39, 0.29) is 29.5 Å². The summed E-state index contributed by atoms with van der Waals surface area (Å²) in [4.78, 5) is 57.0. The predicted octanol–water partition coefficient (Wildman–Crippen LogP) is 3.59. The van der Waals surface area contributed by atoms with Crippen LogP contribution in [-0.2, 0) is 40.9 Å². The predicted molar refractivity (Wildman–Crippen MR) is 188 cm³/mol. The molecule has 2 unspecified atom stereocenters. The zero-order valence-electron chi connectivity index (χ0n) is 28.9. The van der Waals surface area contributed by atoms with E-state index in [9.17, 15) is 19.2 Å². The number of rotatable bonds is 13. The number of hydrogen-bond donors (Lipinski definition) is 3. The second kappa shape index (κ2) is 17.8. The Balaban J connectivity index is 1.17. The summed E-state index contributed by atoms with van der Waals surface area (Å²) in [5.74, 6) is -0.638. The zero-order valence-corrected chi connectivity index (χ0v) is 28.9. The SMILES string of the molecule is CCC(=O)NC(Cc1ccc(CNC(=O)C(NC(=O)c2ccnn2C)C2CCCCCC2)cc1)C(=O)N1CCN(Cc2ccccc2)CC1. The van der Waals surface area contributed by atoms with Gasteiger partial charge in [0.2, 0.25) is 17.7 Å². The molecule has 3 aromatic rings. The van der Waals surface area contributed by atoms with Gasteiger partial charge in [-0.3, -0.25) is 28.8 Å². The molecule has 2 heterocycles. The number of piperazine rings is 1. The van der Waals surface area contributed by atoms with E-state index in [0.717, 1.165) is 69.3 Å². The molecule has 1 saturated carbocycles. The van der Waals surface area contributed by atoms with E-state index >= 15 is 0 Å². The number of nitrogens with zero attached hydrogens (tertiary/aromatic N) is 4. The molecular formula is C38H51N7O4. The lowest BCUT2D eigenvalue weighted by atomic mass is 9.91. The van der Waals surface area contributed by atoms with Crippen molar-refractivity contribution in [1.82, 2.24) is 35.5 Å². The van der Waals surface area contributed by atoms with Crippen molar-refractivity contribution < 1.29 is 19.2 Å². The summed E-state index contributed by atoms with van der Waals surface area (Å²) in [6.45, 7) is 5.75. The van der Waals surface area contributed by atoms with Crippen LogP contribution in [0.2, 0.25) is 0 Å². The maximum atomic E-state index is 13.7. The number of nitrogens with one attached hydrogen (secondary N) is 3. The van der Waals surface area contributed by atoms with Crippen LogP contribution in [0.1, 0.15) is 79.0 Å². The van der Waals surface area contributed by atoms with Crippen molar-refractivity contribution in [2.75, 3.05) is 26.2 Å². The molecule has 3 N–H and O–H groups in total. The zero-order chi connectivity index (χ0) is 34.6. The van der Waals surface area contributed by atoms with Gasteiger partial charge in [0, 0.05) is 65.4 Å². The summed E-state index contributed by atoms with van der Waals surface area (Å²) in [6.07, 6.45) is 8.44. The fourth-order valence-electron chi connectivity index (χ4n) is 6.87. The number of amides is 4. The molecule has 2 aromatic carbocycles. The van der Waals surface area contributed by atoms with E-state index in [1.54, 1.807) is 26.2 Å². The minimum atomic E-state index is -0.651. The van der Waals surface area contributed by atoms with Gasteiger partial charge < -0.3 is 20.9 Å². The number of aryl methyl sites for hydroxylation is 1. The molecule has 49 heavy (non-hydrogen) atoms. The van der Waals surface area contributed by atoms with Crippen molar-refractivity contribution in [3.8, 4) is 0 Å². The molecule has 0 bridgehead atoms. The first-order valence-electron chi connectivity index (χ1n) is 17.8. The highest BCUT2D eigenvalue weighted by molar-refractivity contribution is 5.96. The fraction of sp³-hybridized carbons (Fsp3) is 0.500. The second-order valence-corrected chi connectivity index (χ2v) is 13.3. The first-order chi connectivity index (χ1) is 23.8. The first-order valence-corrected chi connectivity index (χ1v) is 17.8. The van der Waals surface area contributed by atoms with Crippen LogP contribution in [0, 0.1) is 5.92 Å². The Bertz CT molecular complexity index is 1520. The normalized spacial score (nSPS) is 17.1. The van der Waals surface area contributed by atoms with Crippen molar-refractivity contribution >= 4 is 23.6 Å². The van der Waals surface area contributed by atoms with Crippen LogP contribution in [0.5, 0.6) is 0 Å². The Morgan fingerprint density at radius 1 is 0.816 bits per heavy atom. The number of aromatic nitrogens is 2. The maximum absolute atomic E-state index is 13.7. The van der Waals surface area contributed by atoms with Crippen molar-refractivity contribution in [3.05, 3.63) is 89.2 Å². The lowest BCUT2D eigenvalue weighted by Gasteiger charge is -2.36. The van der Waals surface area contributed by atoms with Crippen LogP contribution in [0.15, 0.2) is 66.9 Å². The summed E-state index contributed by atoms with van der Waals surface area (Å²) in [5.41, 5.74) is 3.50. The Kier molecular flexibility index (Phi) is 13.0. The van der Waals surface area contributed by atoms with Crippen molar-refractivity contribution in [3.63, 3.8) is 0 Å². The van der Waals surface area contributed by atoms with E-state index in [2.05, 4.69) is 38.1 Å². The maximum Gasteiger partial charge on any atom is 0.270 e. The average Bonchev–Trinajstić information content (AvgIpc) is 3.38. The Morgan fingerprint density at radius 2 is 1.49 bits per heavy atom. The van der Waals surface area contributed by atoms with Gasteiger partial charge in [-0.25, -0.2) is 0 Å². The minimum absolute atomic E-state index is 0.0600. The third kappa shape index (κ3) is 10.2. The summed E-state index contributed by atoms with van der Waals surface area (Å²) < 4.78 is 1.51. The van der Waals surface area contributed by atoms with Crippen LogP contribution in [0.25, 0.3) is 0 Å². The molecular weight excluding hydrogens is 618 g/mol. The van der Waals surface area contributed by atoms with E-state index in [1.165, 1.54) is 10.2 Å². The monoisotopic (exact) mass is 669 g/mol. The smallest absolute Gasteiger partial charge is 0.270 e. The molecule has 2 aliphatic rings. The highest BCUT2D eigenvalue weighted by Crippen LogP contribution is 2.26. The van der Waals surface area contributed by atoms with Crippen LogP contribution >= 0.6 is 0 Å².